The van der Waals surface area contributed by atoms with Crippen LogP contribution >= 0.6 is 0 Å². The van der Waals surface area contributed by atoms with E-state index in [1.165, 1.54) is 29.0 Å². The maximum Gasteiger partial charge on any atom is 0.141 e. The van der Waals surface area contributed by atoms with Crippen molar-refractivity contribution in [1.29, 1.82) is 0 Å². The van der Waals surface area contributed by atoms with Gasteiger partial charge in [-0.25, -0.2) is 4.39 Å². The van der Waals surface area contributed by atoms with Crippen molar-refractivity contribution < 1.29 is 4.39 Å². The highest BCUT2D eigenvalue weighted by Crippen LogP contribution is 2.19. The Kier molecular flexibility index (Phi) is 4.85. The van der Waals surface area contributed by atoms with E-state index in [0.29, 0.717) is 0 Å². The predicted molar refractivity (Wildman–Crippen MR) is 80.2 cm³/mol. The third-order valence-corrected chi connectivity index (χ3v) is 3.28. The van der Waals surface area contributed by atoms with Crippen molar-refractivity contribution in [2.24, 2.45) is 0 Å². The van der Waals surface area contributed by atoms with Gasteiger partial charge in [-0.1, -0.05) is 36.2 Å². The second-order valence-electron chi connectivity index (χ2n) is 5.21. The summed E-state index contributed by atoms with van der Waals surface area (Å²) >= 11 is 0. The molecule has 0 saturated carbocycles. The zero-order valence-electron chi connectivity index (χ0n) is 12.3. The van der Waals surface area contributed by atoms with Gasteiger partial charge < -0.3 is 5.32 Å². The van der Waals surface area contributed by atoms with Crippen molar-refractivity contribution in [2.45, 2.75) is 33.2 Å². The molecule has 0 aliphatic heterocycles. The molecular weight excluding hydrogens is 251 g/mol. The number of aromatic nitrogens is 1. The number of rotatable bonds is 5. The van der Waals surface area contributed by atoms with Gasteiger partial charge >= 0.3 is 0 Å². The Morgan fingerprint density at radius 2 is 1.85 bits per heavy atom. The van der Waals surface area contributed by atoms with Crippen LogP contribution in [0.5, 0.6) is 0 Å². The number of halogens is 1. The van der Waals surface area contributed by atoms with Gasteiger partial charge in [-0.2, -0.15) is 0 Å². The molecule has 3 heteroatoms. The fourth-order valence-electron chi connectivity index (χ4n) is 2.54. The summed E-state index contributed by atoms with van der Waals surface area (Å²) in [7, 11) is 0. The van der Waals surface area contributed by atoms with E-state index in [2.05, 4.69) is 49.3 Å². The molecule has 0 aliphatic rings. The standard InChI is InChI=1S/C17H21FN2/c1-4-19-17(16-6-5-15(18)11-20-16)10-14-8-12(2)7-13(3)9-14/h5-9,11,17,19H,4,10H2,1-3H3. The highest BCUT2D eigenvalue weighted by atomic mass is 19.1. The number of nitrogens with one attached hydrogen (secondary N) is 1. The number of aryl methyl sites for hydroxylation is 2. The third-order valence-electron chi connectivity index (χ3n) is 3.28. The highest BCUT2D eigenvalue weighted by molar-refractivity contribution is 5.30. The summed E-state index contributed by atoms with van der Waals surface area (Å²) in [5.74, 6) is -0.296. The topological polar surface area (TPSA) is 24.9 Å². The Balaban J connectivity index is 2.22. The molecular formula is C17H21FN2. The molecule has 2 rings (SSSR count). The van der Waals surface area contributed by atoms with E-state index in [1.807, 2.05) is 0 Å². The first-order chi connectivity index (χ1) is 9.58. The summed E-state index contributed by atoms with van der Waals surface area (Å²) in [4.78, 5) is 4.20. The summed E-state index contributed by atoms with van der Waals surface area (Å²) in [6, 6.07) is 9.89. The lowest BCUT2D eigenvalue weighted by Gasteiger charge is -2.18. The number of likely N-dealkylation sites (N-methyl/N-ethyl adjacent to an activating group) is 1. The van der Waals surface area contributed by atoms with Crippen molar-refractivity contribution >= 4 is 0 Å². The number of hydrogen-bond donors (Lipinski definition) is 1. The lowest BCUT2D eigenvalue weighted by atomic mass is 9.99. The molecule has 1 heterocycles. The van der Waals surface area contributed by atoms with Crippen LogP contribution in [0, 0.1) is 19.7 Å². The van der Waals surface area contributed by atoms with E-state index in [1.54, 1.807) is 6.07 Å². The second-order valence-corrected chi connectivity index (χ2v) is 5.21. The lowest BCUT2D eigenvalue weighted by molar-refractivity contribution is 0.531. The van der Waals surface area contributed by atoms with E-state index < -0.39 is 0 Å². The number of nitrogens with zero attached hydrogens (tertiary/aromatic N) is 1. The fourth-order valence-corrected chi connectivity index (χ4v) is 2.54. The minimum Gasteiger partial charge on any atom is -0.309 e. The smallest absolute Gasteiger partial charge is 0.141 e. The van der Waals surface area contributed by atoms with Crippen molar-refractivity contribution in [1.82, 2.24) is 10.3 Å². The van der Waals surface area contributed by atoms with Crippen molar-refractivity contribution in [3.8, 4) is 0 Å². The van der Waals surface area contributed by atoms with Crippen LogP contribution in [0.1, 0.15) is 35.3 Å². The van der Waals surface area contributed by atoms with Gasteiger partial charge in [0, 0.05) is 0 Å². The van der Waals surface area contributed by atoms with Crippen molar-refractivity contribution in [3.05, 3.63) is 64.7 Å². The Morgan fingerprint density at radius 1 is 1.15 bits per heavy atom. The average molecular weight is 272 g/mol. The molecule has 1 aromatic heterocycles. The van der Waals surface area contributed by atoms with Gasteiger partial charge in [0.15, 0.2) is 0 Å². The molecule has 2 nitrogen and oxygen atoms in total. The van der Waals surface area contributed by atoms with Crippen LogP contribution in [0.4, 0.5) is 4.39 Å². The van der Waals surface area contributed by atoms with Crippen molar-refractivity contribution in [2.75, 3.05) is 6.54 Å². The third kappa shape index (κ3) is 3.87. The van der Waals surface area contributed by atoms with Gasteiger partial charge in [0.05, 0.1) is 17.9 Å². The minimum absolute atomic E-state index is 0.113. The molecule has 0 radical (unpaired) electrons. The average Bonchev–Trinajstić information content (AvgIpc) is 2.38. The first-order valence-electron chi connectivity index (χ1n) is 7.00. The maximum atomic E-state index is 13.0. The zero-order chi connectivity index (χ0) is 14.5. The zero-order valence-corrected chi connectivity index (χ0v) is 12.3. The molecule has 1 aromatic carbocycles. The summed E-state index contributed by atoms with van der Waals surface area (Å²) in [5.41, 5.74) is 4.69. The molecule has 1 atom stereocenters. The Bertz CT molecular complexity index is 543. The largest absolute Gasteiger partial charge is 0.309 e. The van der Waals surface area contributed by atoms with Gasteiger partial charge in [0.25, 0.3) is 0 Å². The molecule has 0 spiro atoms. The van der Waals surface area contributed by atoms with Crippen molar-refractivity contribution in [3.63, 3.8) is 0 Å². The normalized spacial score (nSPS) is 12.4. The number of benzene rings is 1. The first-order valence-corrected chi connectivity index (χ1v) is 7.00. The van der Waals surface area contributed by atoms with Gasteiger partial charge in [-0.3, -0.25) is 4.98 Å². The molecule has 0 fully saturated rings. The molecule has 106 valence electrons. The van der Waals surface area contributed by atoms with E-state index in [4.69, 9.17) is 0 Å². The molecule has 20 heavy (non-hydrogen) atoms. The quantitative estimate of drug-likeness (QED) is 0.897. The summed E-state index contributed by atoms with van der Waals surface area (Å²) < 4.78 is 13.0. The summed E-state index contributed by atoms with van der Waals surface area (Å²) in [6.07, 6.45) is 2.14. The van der Waals surface area contributed by atoms with Crippen LogP contribution in [-0.4, -0.2) is 11.5 Å². The molecule has 0 aliphatic carbocycles. The predicted octanol–water partition coefficient (Wildman–Crippen LogP) is 3.73. The van der Waals surface area contributed by atoms with E-state index >= 15 is 0 Å². The Morgan fingerprint density at radius 3 is 2.40 bits per heavy atom. The lowest BCUT2D eigenvalue weighted by Crippen LogP contribution is -2.24. The fraction of sp³-hybridized carbons (Fsp3) is 0.353. The van der Waals surface area contributed by atoms with Gasteiger partial charge in [-0.15, -0.1) is 0 Å². The van der Waals surface area contributed by atoms with Crippen LogP contribution in [0.3, 0.4) is 0 Å². The number of hydrogen-bond acceptors (Lipinski definition) is 2. The van der Waals surface area contributed by atoms with Crippen LogP contribution in [0.2, 0.25) is 0 Å². The molecule has 0 bridgehead atoms. The van der Waals surface area contributed by atoms with Gasteiger partial charge in [0.1, 0.15) is 5.82 Å². The summed E-state index contributed by atoms with van der Waals surface area (Å²) in [6.45, 7) is 7.14. The summed E-state index contributed by atoms with van der Waals surface area (Å²) in [5, 5.41) is 3.42. The Hall–Kier alpha value is -1.74. The van der Waals surface area contributed by atoms with Crippen LogP contribution in [0.15, 0.2) is 36.5 Å². The van der Waals surface area contributed by atoms with Gasteiger partial charge in [-0.05, 0) is 44.5 Å². The highest BCUT2D eigenvalue weighted by Gasteiger charge is 2.13. The van der Waals surface area contributed by atoms with E-state index in [0.717, 1.165) is 18.7 Å². The monoisotopic (exact) mass is 272 g/mol. The molecule has 2 aromatic rings. The first kappa shape index (κ1) is 14.7. The second kappa shape index (κ2) is 6.62. The molecule has 0 amide bonds. The molecule has 1 N–H and O–H groups in total. The van der Waals surface area contributed by atoms with Crippen LogP contribution in [-0.2, 0) is 6.42 Å². The Labute approximate surface area is 120 Å². The van der Waals surface area contributed by atoms with Gasteiger partial charge in [0.2, 0.25) is 0 Å². The molecule has 1 unspecified atom stereocenters. The van der Waals surface area contributed by atoms with Crippen LogP contribution < -0.4 is 5.32 Å². The molecule has 0 saturated heterocycles. The SMILES string of the molecule is CCNC(Cc1cc(C)cc(C)c1)c1ccc(F)cn1. The van der Waals surface area contributed by atoms with E-state index in [9.17, 15) is 4.39 Å². The van der Waals surface area contributed by atoms with E-state index in [-0.39, 0.29) is 11.9 Å². The minimum atomic E-state index is -0.296. The number of pyridine rings is 1. The maximum absolute atomic E-state index is 13.0. The van der Waals surface area contributed by atoms with Crippen LogP contribution in [0.25, 0.3) is 0 Å².